The van der Waals surface area contributed by atoms with Gasteiger partial charge in [-0.3, -0.25) is 16.3 Å². The summed E-state index contributed by atoms with van der Waals surface area (Å²) in [5.41, 5.74) is 3.98. The fourth-order valence-corrected chi connectivity index (χ4v) is 4.46. The van der Waals surface area contributed by atoms with Crippen molar-refractivity contribution in [2.45, 2.75) is 51.0 Å². The van der Waals surface area contributed by atoms with Crippen molar-refractivity contribution in [3.05, 3.63) is 24.0 Å². The van der Waals surface area contributed by atoms with E-state index >= 15 is 0 Å². The Morgan fingerprint density at radius 1 is 1.24 bits per heavy atom. The van der Waals surface area contributed by atoms with E-state index < -0.39 is 0 Å². The molecule has 2 saturated carbocycles. The summed E-state index contributed by atoms with van der Waals surface area (Å²) in [7, 11) is 1.70. The Labute approximate surface area is 127 Å². The third-order valence-corrected chi connectivity index (χ3v) is 5.55. The Morgan fingerprint density at radius 3 is 2.81 bits per heavy atom. The quantitative estimate of drug-likeness (QED) is 0.660. The minimum absolute atomic E-state index is 0.101. The number of methoxy groups -OCH3 is 1. The van der Waals surface area contributed by atoms with Crippen LogP contribution in [0.4, 0.5) is 0 Å². The van der Waals surface area contributed by atoms with E-state index in [-0.39, 0.29) is 6.04 Å². The fraction of sp³-hybridized carbons (Fsp3) is 0.706. The highest BCUT2D eigenvalue weighted by Gasteiger charge is 2.36. The predicted octanol–water partition coefficient (Wildman–Crippen LogP) is 3.20. The molecule has 3 rings (SSSR count). The second-order valence-electron chi connectivity index (χ2n) is 6.61. The smallest absolute Gasteiger partial charge is 0.142 e. The topological polar surface area (TPSA) is 60.2 Å². The first kappa shape index (κ1) is 14.8. The minimum atomic E-state index is 0.101. The largest absolute Gasteiger partial charge is 0.495 e. The summed E-state index contributed by atoms with van der Waals surface area (Å²) in [6.07, 6.45) is 11.4. The van der Waals surface area contributed by atoms with Gasteiger partial charge in [-0.15, -0.1) is 0 Å². The lowest BCUT2D eigenvalue weighted by Crippen LogP contribution is -2.39. The number of nitrogens with two attached hydrogens (primary N) is 1. The Morgan fingerprint density at radius 2 is 2.05 bits per heavy atom. The van der Waals surface area contributed by atoms with E-state index in [2.05, 4.69) is 10.4 Å². The van der Waals surface area contributed by atoms with Gasteiger partial charge in [0.15, 0.2) is 0 Å². The average Bonchev–Trinajstić information content (AvgIpc) is 2.56. The molecule has 116 valence electrons. The molecule has 4 heteroatoms. The number of pyridine rings is 1. The van der Waals surface area contributed by atoms with Crippen LogP contribution in [0.15, 0.2) is 18.3 Å². The number of nitrogens with zero attached hydrogens (tertiary/aromatic N) is 1. The molecular formula is C17H27N3O. The molecule has 0 bridgehead atoms. The Kier molecular flexibility index (Phi) is 4.76. The molecule has 0 aliphatic heterocycles. The zero-order valence-corrected chi connectivity index (χ0v) is 12.9. The minimum Gasteiger partial charge on any atom is -0.495 e. The maximum atomic E-state index is 5.88. The molecule has 2 aliphatic carbocycles. The van der Waals surface area contributed by atoms with Gasteiger partial charge in [0.1, 0.15) is 11.4 Å². The number of fused-ring (bicyclic) bond motifs is 1. The first-order chi connectivity index (χ1) is 10.3. The first-order valence-corrected chi connectivity index (χ1v) is 8.28. The van der Waals surface area contributed by atoms with E-state index in [1.165, 1.54) is 44.9 Å². The van der Waals surface area contributed by atoms with Crippen molar-refractivity contribution in [3.8, 4) is 5.75 Å². The molecule has 0 saturated heterocycles. The molecule has 0 radical (unpaired) electrons. The molecule has 3 N–H and O–H groups in total. The van der Waals surface area contributed by atoms with E-state index in [0.717, 1.165) is 23.3 Å². The van der Waals surface area contributed by atoms with E-state index in [0.29, 0.717) is 5.92 Å². The standard InChI is InChI=1S/C17H27N3O/c1-21-15-7-4-10-19-17(15)16(20-18)14-9-8-12-5-2-3-6-13(12)11-14/h4,7,10,12-14,16,20H,2-3,5-6,8-9,11,18H2,1H3. The van der Waals surface area contributed by atoms with Crippen LogP contribution < -0.4 is 16.0 Å². The van der Waals surface area contributed by atoms with Crippen LogP contribution in [0.5, 0.6) is 5.75 Å². The maximum absolute atomic E-state index is 5.88. The number of hydrogen-bond donors (Lipinski definition) is 2. The van der Waals surface area contributed by atoms with Gasteiger partial charge in [0, 0.05) is 6.20 Å². The zero-order valence-electron chi connectivity index (χ0n) is 12.9. The van der Waals surface area contributed by atoms with Crippen LogP contribution >= 0.6 is 0 Å². The molecule has 1 heterocycles. The average molecular weight is 289 g/mol. The van der Waals surface area contributed by atoms with Gasteiger partial charge in [0.25, 0.3) is 0 Å². The molecule has 0 aromatic carbocycles. The predicted molar refractivity (Wildman–Crippen MR) is 83.6 cm³/mol. The van der Waals surface area contributed by atoms with Crippen molar-refractivity contribution in [2.75, 3.05) is 7.11 Å². The van der Waals surface area contributed by atoms with E-state index in [1.54, 1.807) is 7.11 Å². The molecule has 0 spiro atoms. The zero-order chi connectivity index (χ0) is 14.7. The molecule has 21 heavy (non-hydrogen) atoms. The van der Waals surface area contributed by atoms with Crippen molar-refractivity contribution < 1.29 is 4.74 Å². The molecule has 4 unspecified atom stereocenters. The van der Waals surface area contributed by atoms with Gasteiger partial charge in [0.2, 0.25) is 0 Å². The van der Waals surface area contributed by atoms with Gasteiger partial charge in [-0.25, -0.2) is 0 Å². The van der Waals surface area contributed by atoms with Gasteiger partial charge in [0.05, 0.1) is 13.2 Å². The van der Waals surface area contributed by atoms with Crippen LogP contribution in [0.2, 0.25) is 0 Å². The summed E-state index contributed by atoms with van der Waals surface area (Å²) < 4.78 is 5.47. The van der Waals surface area contributed by atoms with Gasteiger partial charge in [-0.05, 0) is 49.1 Å². The van der Waals surface area contributed by atoms with Gasteiger partial charge >= 0.3 is 0 Å². The molecule has 1 aromatic rings. The highest BCUT2D eigenvalue weighted by molar-refractivity contribution is 5.30. The lowest BCUT2D eigenvalue weighted by Gasteiger charge is -2.41. The first-order valence-electron chi connectivity index (χ1n) is 8.28. The van der Waals surface area contributed by atoms with Crippen molar-refractivity contribution in [2.24, 2.45) is 23.6 Å². The normalized spacial score (nSPS) is 30.5. The molecule has 0 amide bonds. The second-order valence-corrected chi connectivity index (χ2v) is 6.61. The van der Waals surface area contributed by atoms with Crippen LogP contribution in [0.1, 0.15) is 56.7 Å². The Bertz CT molecular complexity index is 465. The number of aromatic nitrogens is 1. The van der Waals surface area contributed by atoms with Crippen molar-refractivity contribution >= 4 is 0 Å². The van der Waals surface area contributed by atoms with Crippen LogP contribution in [0.25, 0.3) is 0 Å². The summed E-state index contributed by atoms with van der Waals surface area (Å²) in [5.74, 6) is 9.14. The third kappa shape index (κ3) is 3.06. The summed E-state index contributed by atoms with van der Waals surface area (Å²) >= 11 is 0. The maximum Gasteiger partial charge on any atom is 0.142 e. The molecule has 1 aromatic heterocycles. The van der Waals surface area contributed by atoms with Crippen molar-refractivity contribution in [1.29, 1.82) is 0 Å². The molecule has 4 nitrogen and oxygen atoms in total. The van der Waals surface area contributed by atoms with E-state index in [9.17, 15) is 0 Å². The van der Waals surface area contributed by atoms with Crippen LogP contribution in [0, 0.1) is 17.8 Å². The van der Waals surface area contributed by atoms with Gasteiger partial charge < -0.3 is 4.74 Å². The lowest BCUT2D eigenvalue weighted by atomic mass is 9.66. The summed E-state index contributed by atoms with van der Waals surface area (Å²) in [6.45, 7) is 0. The Hall–Kier alpha value is -1.13. The molecule has 2 fully saturated rings. The van der Waals surface area contributed by atoms with Crippen LogP contribution in [-0.2, 0) is 0 Å². The number of hydrazine groups is 1. The summed E-state index contributed by atoms with van der Waals surface area (Å²) in [5, 5.41) is 0. The second kappa shape index (κ2) is 6.75. The van der Waals surface area contributed by atoms with E-state index in [4.69, 9.17) is 10.6 Å². The van der Waals surface area contributed by atoms with Crippen LogP contribution in [-0.4, -0.2) is 12.1 Å². The monoisotopic (exact) mass is 289 g/mol. The van der Waals surface area contributed by atoms with Gasteiger partial charge in [-0.2, -0.15) is 0 Å². The highest BCUT2D eigenvalue weighted by atomic mass is 16.5. The highest BCUT2D eigenvalue weighted by Crippen LogP contribution is 2.46. The number of nitrogens with one attached hydrogen (secondary N) is 1. The molecule has 2 aliphatic rings. The summed E-state index contributed by atoms with van der Waals surface area (Å²) in [6, 6.07) is 3.98. The van der Waals surface area contributed by atoms with Gasteiger partial charge in [-0.1, -0.05) is 25.7 Å². The summed E-state index contributed by atoms with van der Waals surface area (Å²) in [4.78, 5) is 4.53. The van der Waals surface area contributed by atoms with Crippen molar-refractivity contribution in [1.82, 2.24) is 10.4 Å². The number of hydrogen-bond acceptors (Lipinski definition) is 4. The SMILES string of the molecule is COc1cccnc1C(NN)C1CCC2CCCCC2C1. The molecular weight excluding hydrogens is 262 g/mol. The Balaban J connectivity index is 1.77. The number of rotatable bonds is 4. The third-order valence-electron chi connectivity index (χ3n) is 5.55. The number of ether oxygens (including phenoxy) is 1. The van der Waals surface area contributed by atoms with E-state index in [1.807, 2.05) is 18.3 Å². The molecule has 4 atom stereocenters. The lowest BCUT2D eigenvalue weighted by molar-refractivity contribution is 0.108. The van der Waals surface area contributed by atoms with Crippen molar-refractivity contribution in [3.63, 3.8) is 0 Å². The fourth-order valence-electron chi connectivity index (χ4n) is 4.46. The van der Waals surface area contributed by atoms with Crippen LogP contribution in [0.3, 0.4) is 0 Å².